The number of carbonyl (C=O) groups excluding carboxylic acids is 2. The lowest BCUT2D eigenvalue weighted by Crippen LogP contribution is -2.26. The molecule has 0 unspecified atom stereocenters. The molecule has 1 aromatic heterocycles. The second-order valence-electron chi connectivity index (χ2n) is 6.61. The van der Waals surface area contributed by atoms with Crippen molar-refractivity contribution in [1.29, 1.82) is 0 Å². The van der Waals surface area contributed by atoms with Crippen molar-refractivity contribution in [3.8, 4) is 0 Å². The quantitative estimate of drug-likeness (QED) is 0.554. The number of urea groups is 1. The molecule has 0 radical (unpaired) electrons. The highest BCUT2D eigenvalue weighted by atomic mass is 16.2. The van der Waals surface area contributed by atoms with Crippen LogP contribution < -0.4 is 21.5 Å². The van der Waals surface area contributed by atoms with E-state index in [4.69, 9.17) is 0 Å². The van der Waals surface area contributed by atoms with Gasteiger partial charge in [0.2, 0.25) is 0 Å². The Bertz CT molecular complexity index is 1060. The molecule has 0 saturated heterocycles. The third-order valence-electron chi connectivity index (χ3n) is 4.26. The lowest BCUT2D eigenvalue weighted by molar-refractivity contribution is 0.101. The minimum Gasteiger partial charge on any atom is -0.321 e. The van der Waals surface area contributed by atoms with E-state index < -0.39 is 5.91 Å². The number of hydrogen-bond acceptors (Lipinski definition) is 4. The molecule has 0 fully saturated rings. The largest absolute Gasteiger partial charge is 0.323 e. The highest BCUT2D eigenvalue weighted by molar-refractivity contribution is 6.03. The molecule has 3 rings (SSSR count). The molecule has 154 valence electrons. The Hall–Kier alpha value is -3.94. The summed E-state index contributed by atoms with van der Waals surface area (Å²) in [5.41, 5.74) is 1.74. The van der Waals surface area contributed by atoms with E-state index in [0.29, 0.717) is 23.6 Å². The molecular formula is C22H23N5O3. The average molecular weight is 405 g/mol. The molecular weight excluding hydrogens is 382 g/mol. The minimum absolute atomic E-state index is 0.162. The zero-order valence-corrected chi connectivity index (χ0v) is 16.6. The zero-order valence-electron chi connectivity index (χ0n) is 16.6. The van der Waals surface area contributed by atoms with Crippen molar-refractivity contribution in [2.45, 2.75) is 26.3 Å². The standard InChI is InChI=1S/C22H23N5O3/c1-2-3-15-27-20(28)14-13-19(26-27)21(29)23-17-9-11-18(12-10-17)25-22(30)24-16-7-5-4-6-8-16/h4-14H,2-3,15H2,1H3,(H,23,29)(H2,24,25,30). The molecule has 3 aromatic rings. The first-order chi connectivity index (χ1) is 14.5. The van der Waals surface area contributed by atoms with Gasteiger partial charge in [-0.1, -0.05) is 31.5 Å². The number of hydrogen-bond donors (Lipinski definition) is 3. The van der Waals surface area contributed by atoms with Gasteiger partial charge in [0.05, 0.1) is 0 Å². The van der Waals surface area contributed by atoms with Crippen LogP contribution in [0.2, 0.25) is 0 Å². The number of unbranched alkanes of at least 4 members (excludes halogenated alkanes) is 1. The van der Waals surface area contributed by atoms with E-state index in [-0.39, 0.29) is 17.3 Å². The number of aromatic nitrogens is 2. The van der Waals surface area contributed by atoms with Crippen molar-refractivity contribution in [2.24, 2.45) is 0 Å². The first-order valence-electron chi connectivity index (χ1n) is 9.68. The van der Waals surface area contributed by atoms with Crippen LogP contribution in [0, 0.1) is 0 Å². The topological polar surface area (TPSA) is 105 Å². The van der Waals surface area contributed by atoms with Crippen LogP contribution in [0.1, 0.15) is 30.3 Å². The van der Waals surface area contributed by atoms with Crippen LogP contribution in [0.15, 0.2) is 71.5 Å². The Labute approximate surface area is 173 Å². The van der Waals surface area contributed by atoms with E-state index in [1.54, 1.807) is 36.4 Å². The van der Waals surface area contributed by atoms with E-state index in [0.717, 1.165) is 12.8 Å². The van der Waals surface area contributed by atoms with Crippen molar-refractivity contribution < 1.29 is 9.59 Å². The predicted molar refractivity (Wildman–Crippen MR) is 117 cm³/mol. The Morgan fingerprint density at radius 2 is 1.43 bits per heavy atom. The lowest BCUT2D eigenvalue weighted by Gasteiger charge is -2.10. The number of para-hydroxylation sites is 1. The molecule has 3 amide bonds. The number of nitrogens with zero attached hydrogens (tertiary/aromatic N) is 2. The minimum atomic E-state index is -0.414. The molecule has 8 heteroatoms. The average Bonchev–Trinajstić information content (AvgIpc) is 2.75. The van der Waals surface area contributed by atoms with Gasteiger partial charge in [-0.05, 0) is 48.9 Å². The summed E-state index contributed by atoms with van der Waals surface area (Å²) in [4.78, 5) is 36.3. The fourth-order valence-corrected chi connectivity index (χ4v) is 2.69. The molecule has 0 aliphatic heterocycles. The van der Waals surface area contributed by atoms with Gasteiger partial charge in [-0.15, -0.1) is 0 Å². The summed E-state index contributed by atoms with van der Waals surface area (Å²) in [7, 11) is 0. The van der Waals surface area contributed by atoms with E-state index in [1.807, 2.05) is 25.1 Å². The molecule has 30 heavy (non-hydrogen) atoms. The van der Waals surface area contributed by atoms with Crippen LogP contribution >= 0.6 is 0 Å². The van der Waals surface area contributed by atoms with E-state index in [1.165, 1.54) is 16.8 Å². The number of benzene rings is 2. The molecule has 0 aliphatic carbocycles. The first kappa shape index (κ1) is 20.8. The van der Waals surface area contributed by atoms with Crippen LogP contribution in [0.25, 0.3) is 0 Å². The summed E-state index contributed by atoms with van der Waals surface area (Å²) >= 11 is 0. The fraction of sp³-hybridized carbons (Fsp3) is 0.182. The predicted octanol–water partition coefficient (Wildman–Crippen LogP) is 3.94. The van der Waals surface area contributed by atoms with Crippen LogP contribution in [0.3, 0.4) is 0 Å². The number of carbonyl (C=O) groups is 2. The Balaban J connectivity index is 1.59. The second kappa shape index (κ2) is 10.0. The van der Waals surface area contributed by atoms with Crippen LogP contribution in [-0.4, -0.2) is 21.7 Å². The molecule has 2 aromatic carbocycles. The normalized spacial score (nSPS) is 10.3. The van der Waals surface area contributed by atoms with Crippen molar-refractivity contribution in [1.82, 2.24) is 9.78 Å². The maximum atomic E-state index is 12.4. The van der Waals surface area contributed by atoms with Crippen molar-refractivity contribution >= 4 is 29.0 Å². The van der Waals surface area contributed by atoms with Gasteiger partial charge in [-0.2, -0.15) is 5.10 Å². The second-order valence-corrected chi connectivity index (χ2v) is 6.61. The van der Waals surface area contributed by atoms with Crippen LogP contribution in [0.5, 0.6) is 0 Å². The van der Waals surface area contributed by atoms with E-state index in [9.17, 15) is 14.4 Å². The lowest BCUT2D eigenvalue weighted by atomic mass is 10.2. The number of aryl methyl sites for hydroxylation is 1. The van der Waals surface area contributed by atoms with Crippen molar-refractivity contribution in [3.05, 3.63) is 82.8 Å². The van der Waals surface area contributed by atoms with Gasteiger partial charge in [0, 0.05) is 29.7 Å². The smallest absolute Gasteiger partial charge is 0.321 e. The molecule has 0 saturated carbocycles. The summed E-state index contributed by atoms with van der Waals surface area (Å²) in [6, 6.07) is 18.2. The highest BCUT2D eigenvalue weighted by Crippen LogP contribution is 2.15. The van der Waals surface area contributed by atoms with Crippen molar-refractivity contribution in [3.63, 3.8) is 0 Å². The number of nitrogens with one attached hydrogen (secondary N) is 3. The summed E-state index contributed by atoms with van der Waals surface area (Å²) in [5, 5.41) is 12.3. The third-order valence-corrected chi connectivity index (χ3v) is 4.26. The van der Waals surface area contributed by atoms with Gasteiger partial charge in [0.25, 0.3) is 11.5 Å². The summed E-state index contributed by atoms with van der Waals surface area (Å²) in [6.07, 6.45) is 1.73. The molecule has 3 N–H and O–H groups in total. The summed E-state index contributed by atoms with van der Waals surface area (Å²) < 4.78 is 1.30. The molecule has 1 heterocycles. The summed E-state index contributed by atoms with van der Waals surface area (Å²) in [5.74, 6) is -0.414. The maximum absolute atomic E-state index is 12.4. The highest BCUT2D eigenvalue weighted by Gasteiger charge is 2.10. The number of amides is 3. The van der Waals surface area contributed by atoms with Crippen molar-refractivity contribution in [2.75, 3.05) is 16.0 Å². The van der Waals surface area contributed by atoms with Gasteiger partial charge >= 0.3 is 6.03 Å². The molecule has 0 aliphatic rings. The Kier molecular flexibility index (Phi) is 6.94. The molecule has 0 spiro atoms. The van der Waals surface area contributed by atoms with E-state index in [2.05, 4.69) is 21.0 Å². The fourth-order valence-electron chi connectivity index (χ4n) is 2.69. The van der Waals surface area contributed by atoms with Gasteiger partial charge in [0.15, 0.2) is 0 Å². The third kappa shape index (κ3) is 5.78. The van der Waals surface area contributed by atoms with Crippen LogP contribution in [0.4, 0.5) is 21.9 Å². The van der Waals surface area contributed by atoms with Gasteiger partial charge < -0.3 is 16.0 Å². The van der Waals surface area contributed by atoms with Crippen LogP contribution in [-0.2, 0) is 6.54 Å². The first-order valence-corrected chi connectivity index (χ1v) is 9.68. The van der Waals surface area contributed by atoms with E-state index >= 15 is 0 Å². The SMILES string of the molecule is CCCCn1nc(C(=O)Nc2ccc(NC(=O)Nc3ccccc3)cc2)ccc1=O. The molecule has 8 nitrogen and oxygen atoms in total. The zero-order chi connectivity index (χ0) is 21.3. The molecule has 0 atom stereocenters. The number of anilines is 3. The Morgan fingerprint density at radius 1 is 0.833 bits per heavy atom. The monoisotopic (exact) mass is 405 g/mol. The molecule has 0 bridgehead atoms. The number of rotatable bonds is 7. The summed E-state index contributed by atoms with van der Waals surface area (Å²) in [6.45, 7) is 2.49. The van der Waals surface area contributed by atoms with Gasteiger partial charge in [0.1, 0.15) is 5.69 Å². The maximum Gasteiger partial charge on any atom is 0.323 e. The van der Waals surface area contributed by atoms with Gasteiger partial charge in [-0.3, -0.25) is 9.59 Å². The van der Waals surface area contributed by atoms with Gasteiger partial charge in [-0.25, -0.2) is 9.48 Å². The Morgan fingerprint density at radius 3 is 2.07 bits per heavy atom.